The van der Waals surface area contributed by atoms with Crippen molar-refractivity contribution in [2.45, 2.75) is 38.3 Å². The Kier molecular flexibility index (Phi) is 4.63. The second-order valence-electron chi connectivity index (χ2n) is 5.82. The molecule has 0 radical (unpaired) electrons. The number of rotatable bonds is 4. The monoisotopic (exact) mass is 302 g/mol. The molecule has 3 rings (SSSR count). The molecule has 1 aliphatic carbocycles. The summed E-state index contributed by atoms with van der Waals surface area (Å²) in [7, 11) is 0. The van der Waals surface area contributed by atoms with Gasteiger partial charge < -0.3 is 20.1 Å². The molecule has 5 heteroatoms. The van der Waals surface area contributed by atoms with Crippen LogP contribution in [0.2, 0.25) is 0 Å². The van der Waals surface area contributed by atoms with E-state index in [1.54, 1.807) is 0 Å². The molecule has 1 heterocycles. The number of anilines is 1. The lowest BCUT2D eigenvalue weighted by Gasteiger charge is -2.16. The Morgan fingerprint density at radius 1 is 1.32 bits per heavy atom. The van der Waals surface area contributed by atoms with Gasteiger partial charge in [0, 0.05) is 24.2 Å². The van der Waals surface area contributed by atoms with Crippen molar-refractivity contribution in [2.24, 2.45) is 0 Å². The van der Waals surface area contributed by atoms with Gasteiger partial charge in [0.1, 0.15) is 11.9 Å². The lowest BCUT2D eigenvalue weighted by molar-refractivity contribution is 0.141. The van der Waals surface area contributed by atoms with E-state index in [0.717, 1.165) is 42.9 Å². The van der Waals surface area contributed by atoms with Crippen LogP contribution in [-0.2, 0) is 4.74 Å². The average Bonchev–Trinajstić information content (AvgIpc) is 3.16. The molecule has 0 bridgehead atoms. The van der Waals surface area contributed by atoms with Gasteiger partial charge in [0.2, 0.25) is 0 Å². The quantitative estimate of drug-likeness (QED) is 0.841. The summed E-state index contributed by atoms with van der Waals surface area (Å²) in [4.78, 5) is 12.0. The van der Waals surface area contributed by atoms with Crippen molar-refractivity contribution >= 4 is 11.7 Å². The van der Waals surface area contributed by atoms with Gasteiger partial charge in [0.05, 0.1) is 13.2 Å². The maximum Gasteiger partial charge on any atom is 0.319 e. The maximum atomic E-state index is 12.0. The second-order valence-corrected chi connectivity index (χ2v) is 5.82. The molecule has 1 aromatic carbocycles. The number of hydrogen-bond acceptors (Lipinski definition) is 3. The summed E-state index contributed by atoms with van der Waals surface area (Å²) in [5.74, 6) is 0.802. The summed E-state index contributed by atoms with van der Waals surface area (Å²) in [6, 6.07) is 5.75. The van der Waals surface area contributed by atoms with E-state index in [1.807, 2.05) is 25.1 Å². The minimum Gasteiger partial charge on any atom is -0.488 e. The number of carbonyl (C=O) groups excluding carboxylic acids is 1. The average molecular weight is 302 g/mol. The minimum atomic E-state index is -0.173. The third-order valence-electron chi connectivity index (χ3n) is 3.97. The summed E-state index contributed by atoms with van der Waals surface area (Å²) < 4.78 is 11.3. The van der Waals surface area contributed by atoms with Gasteiger partial charge >= 0.3 is 6.03 Å². The first-order chi connectivity index (χ1) is 10.7. The number of nitrogens with one attached hydrogen (secondary N) is 2. The first-order valence-electron chi connectivity index (χ1n) is 7.78. The number of ether oxygens (including phenoxy) is 2. The van der Waals surface area contributed by atoms with E-state index < -0.39 is 0 Å². The van der Waals surface area contributed by atoms with Gasteiger partial charge in [-0.15, -0.1) is 0 Å². The molecule has 1 aliphatic heterocycles. The number of carbonyl (C=O) groups is 1. The Balaban J connectivity index is 1.59. The molecule has 0 spiro atoms. The Hall–Kier alpha value is -2.01. The topological polar surface area (TPSA) is 59.6 Å². The Morgan fingerprint density at radius 2 is 2.14 bits per heavy atom. The van der Waals surface area contributed by atoms with E-state index in [2.05, 4.69) is 22.8 Å². The van der Waals surface area contributed by atoms with Crippen molar-refractivity contribution in [3.8, 4) is 5.75 Å². The van der Waals surface area contributed by atoms with E-state index in [9.17, 15) is 4.79 Å². The first-order valence-corrected chi connectivity index (χ1v) is 7.78. The van der Waals surface area contributed by atoms with Gasteiger partial charge in [-0.1, -0.05) is 18.2 Å². The van der Waals surface area contributed by atoms with Crippen LogP contribution in [0.5, 0.6) is 5.75 Å². The Morgan fingerprint density at radius 3 is 2.86 bits per heavy atom. The minimum absolute atomic E-state index is 0.104. The largest absolute Gasteiger partial charge is 0.488 e. The molecule has 118 valence electrons. The molecule has 0 aromatic heterocycles. The SMILES string of the molecule is Cc1ccc(NC(=O)NC2CC=CC2)cc1OC1CCOC1. The van der Waals surface area contributed by atoms with Crippen molar-refractivity contribution in [3.05, 3.63) is 35.9 Å². The number of urea groups is 1. The van der Waals surface area contributed by atoms with Crippen LogP contribution in [0.15, 0.2) is 30.4 Å². The van der Waals surface area contributed by atoms with Crippen LogP contribution in [0.4, 0.5) is 10.5 Å². The molecule has 1 unspecified atom stereocenters. The van der Waals surface area contributed by atoms with E-state index >= 15 is 0 Å². The predicted molar refractivity (Wildman–Crippen MR) is 85.3 cm³/mol. The van der Waals surface area contributed by atoms with Gasteiger partial charge in [-0.25, -0.2) is 4.79 Å². The van der Waals surface area contributed by atoms with Crippen LogP contribution in [0.25, 0.3) is 0 Å². The standard InChI is InChI=1S/C17H22N2O3/c1-12-6-7-14(10-16(12)22-15-8-9-21-11-15)19-17(20)18-13-4-2-3-5-13/h2-3,6-7,10,13,15H,4-5,8-9,11H2,1H3,(H2,18,19,20). The van der Waals surface area contributed by atoms with Crippen LogP contribution >= 0.6 is 0 Å². The van der Waals surface area contributed by atoms with Crippen molar-refractivity contribution < 1.29 is 14.3 Å². The van der Waals surface area contributed by atoms with E-state index in [0.29, 0.717) is 6.61 Å². The molecular formula is C17H22N2O3. The number of amides is 2. The summed E-state index contributed by atoms with van der Waals surface area (Å²) in [6.07, 6.45) is 6.99. The fourth-order valence-electron chi connectivity index (χ4n) is 2.68. The first kappa shape index (κ1) is 14.9. The molecule has 1 saturated heterocycles. The molecule has 2 N–H and O–H groups in total. The molecular weight excluding hydrogens is 280 g/mol. The fourth-order valence-corrected chi connectivity index (χ4v) is 2.68. The smallest absolute Gasteiger partial charge is 0.319 e. The zero-order valence-corrected chi connectivity index (χ0v) is 12.8. The normalized spacial score (nSPS) is 21.0. The number of aryl methyl sites for hydroxylation is 1. The number of hydrogen-bond donors (Lipinski definition) is 2. The molecule has 5 nitrogen and oxygen atoms in total. The molecule has 1 aromatic rings. The van der Waals surface area contributed by atoms with E-state index in [4.69, 9.17) is 9.47 Å². The number of benzene rings is 1. The second kappa shape index (κ2) is 6.83. The third kappa shape index (κ3) is 3.80. The van der Waals surface area contributed by atoms with Crippen LogP contribution in [0.3, 0.4) is 0 Å². The fraction of sp³-hybridized carbons (Fsp3) is 0.471. The molecule has 2 amide bonds. The molecule has 0 saturated carbocycles. The van der Waals surface area contributed by atoms with Crippen LogP contribution in [-0.4, -0.2) is 31.4 Å². The third-order valence-corrected chi connectivity index (χ3v) is 3.97. The summed E-state index contributed by atoms with van der Waals surface area (Å²) >= 11 is 0. The van der Waals surface area contributed by atoms with Crippen LogP contribution in [0.1, 0.15) is 24.8 Å². The zero-order valence-electron chi connectivity index (χ0n) is 12.8. The predicted octanol–water partition coefficient (Wildman–Crippen LogP) is 3.00. The highest BCUT2D eigenvalue weighted by atomic mass is 16.5. The van der Waals surface area contributed by atoms with Crippen molar-refractivity contribution in [1.29, 1.82) is 0 Å². The lowest BCUT2D eigenvalue weighted by Crippen LogP contribution is -2.36. The van der Waals surface area contributed by atoms with Crippen molar-refractivity contribution in [1.82, 2.24) is 5.32 Å². The van der Waals surface area contributed by atoms with E-state index in [1.165, 1.54) is 0 Å². The summed E-state index contributed by atoms with van der Waals surface area (Å²) in [6.45, 7) is 3.38. The molecule has 22 heavy (non-hydrogen) atoms. The Labute approximate surface area is 130 Å². The lowest BCUT2D eigenvalue weighted by atomic mass is 10.2. The highest BCUT2D eigenvalue weighted by Crippen LogP contribution is 2.25. The van der Waals surface area contributed by atoms with Gasteiger partial charge in [0.25, 0.3) is 0 Å². The van der Waals surface area contributed by atoms with Gasteiger partial charge in [-0.3, -0.25) is 0 Å². The molecule has 1 fully saturated rings. The summed E-state index contributed by atoms with van der Waals surface area (Å²) in [5.41, 5.74) is 1.79. The maximum absolute atomic E-state index is 12.0. The highest BCUT2D eigenvalue weighted by molar-refractivity contribution is 5.89. The van der Waals surface area contributed by atoms with Crippen LogP contribution < -0.4 is 15.4 Å². The zero-order chi connectivity index (χ0) is 15.4. The highest BCUT2D eigenvalue weighted by Gasteiger charge is 2.18. The van der Waals surface area contributed by atoms with Crippen molar-refractivity contribution in [2.75, 3.05) is 18.5 Å². The molecule has 1 atom stereocenters. The molecule has 2 aliphatic rings. The van der Waals surface area contributed by atoms with E-state index in [-0.39, 0.29) is 18.2 Å². The van der Waals surface area contributed by atoms with Gasteiger partial charge in [-0.2, -0.15) is 0 Å². The van der Waals surface area contributed by atoms with Gasteiger partial charge in [0.15, 0.2) is 0 Å². The van der Waals surface area contributed by atoms with Crippen molar-refractivity contribution in [3.63, 3.8) is 0 Å². The van der Waals surface area contributed by atoms with Gasteiger partial charge in [-0.05, 0) is 31.4 Å². The Bertz CT molecular complexity index is 557. The van der Waals surface area contributed by atoms with Crippen LogP contribution in [0, 0.1) is 6.92 Å². The summed E-state index contributed by atoms with van der Waals surface area (Å²) in [5, 5.41) is 5.83.